The number of hydrogen-bond acceptors (Lipinski definition) is 3. The number of aliphatic carboxylic acids is 1. The molecule has 2 N–H and O–H groups in total. The van der Waals surface area contributed by atoms with Gasteiger partial charge >= 0.3 is 12.0 Å². The number of rotatable bonds is 3. The first kappa shape index (κ1) is 12.5. The van der Waals surface area contributed by atoms with Gasteiger partial charge in [-0.25, -0.2) is 9.59 Å². The molecule has 0 bridgehead atoms. The highest BCUT2D eigenvalue weighted by atomic mass is 32.2. The van der Waals surface area contributed by atoms with Crippen LogP contribution in [0.4, 0.5) is 4.79 Å². The lowest BCUT2D eigenvalue weighted by molar-refractivity contribution is -0.140. The zero-order chi connectivity index (χ0) is 12.4. The highest BCUT2D eigenvalue weighted by Gasteiger charge is 2.36. The molecule has 96 valence electrons. The van der Waals surface area contributed by atoms with Crippen molar-refractivity contribution in [2.45, 2.75) is 38.3 Å². The number of nitrogens with zero attached hydrogens (tertiary/aromatic N) is 1. The van der Waals surface area contributed by atoms with Crippen LogP contribution in [0.2, 0.25) is 0 Å². The highest BCUT2D eigenvalue weighted by Crippen LogP contribution is 2.29. The van der Waals surface area contributed by atoms with Crippen LogP contribution < -0.4 is 5.32 Å². The minimum Gasteiger partial charge on any atom is -0.480 e. The fourth-order valence-corrected chi connectivity index (χ4v) is 3.33. The molecule has 0 spiro atoms. The first-order valence-electron chi connectivity index (χ1n) is 5.97. The van der Waals surface area contributed by atoms with Crippen molar-refractivity contribution in [1.82, 2.24) is 10.2 Å². The molecule has 1 saturated heterocycles. The second-order valence-electron chi connectivity index (χ2n) is 4.75. The van der Waals surface area contributed by atoms with E-state index >= 15 is 0 Å². The van der Waals surface area contributed by atoms with Gasteiger partial charge in [-0.3, -0.25) is 0 Å². The molecule has 2 fully saturated rings. The lowest BCUT2D eigenvalue weighted by Gasteiger charge is -2.33. The Hall–Kier alpha value is -0.910. The number of carbonyl (C=O) groups excluding carboxylic acids is 1. The van der Waals surface area contributed by atoms with Gasteiger partial charge in [-0.1, -0.05) is 6.42 Å². The molecule has 17 heavy (non-hydrogen) atoms. The van der Waals surface area contributed by atoms with Crippen molar-refractivity contribution in [3.05, 3.63) is 0 Å². The molecular weight excluding hydrogens is 240 g/mol. The minimum atomic E-state index is -0.915. The Morgan fingerprint density at radius 3 is 2.71 bits per heavy atom. The number of carboxylic acids is 1. The third-order valence-electron chi connectivity index (χ3n) is 3.64. The fourth-order valence-electron chi connectivity index (χ4n) is 2.18. The standard InChI is InChI=1S/C11H18N2O3S/c1-7(8-3-2-4-8)12-11(16)13-6-17-5-9(13)10(14)15/h7-9H,2-6H2,1H3,(H,12,16)(H,14,15). The van der Waals surface area contributed by atoms with Crippen molar-refractivity contribution < 1.29 is 14.7 Å². The number of carbonyl (C=O) groups is 2. The number of hydrogen-bond donors (Lipinski definition) is 2. The largest absolute Gasteiger partial charge is 0.480 e. The summed E-state index contributed by atoms with van der Waals surface area (Å²) >= 11 is 1.49. The van der Waals surface area contributed by atoms with Gasteiger partial charge in [-0.05, 0) is 25.7 Å². The quantitative estimate of drug-likeness (QED) is 0.801. The lowest BCUT2D eigenvalue weighted by Crippen LogP contribution is -2.51. The molecule has 5 nitrogen and oxygen atoms in total. The van der Waals surface area contributed by atoms with Gasteiger partial charge in [0.15, 0.2) is 0 Å². The molecule has 2 amide bonds. The Balaban J connectivity index is 1.88. The van der Waals surface area contributed by atoms with Crippen molar-refractivity contribution in [1.29, 1.82) is 0 Å². The molecule has 0 radical (unpaired) electrons. The van der Waals surface area contributed by atoms with Gasteiger partial charge in [0.2, 0.25) is 0 Å². The SMILES string of the molecule is CC(NC(=O)N1CSCC1C(=O)O)C1CCC1. The summed E-state index contributed by atoms with van der Waals surface area (Å²) in [6.07, 6.45) is 3.57. The van der Waals surface area contributed by atoms with E-state index in [2.05, 4.69) is 5.32 Å². The predicted molar refractivity (Wildman–Crippen MR) is 65.9 cm³/mol. The van der Waals surface area contributed by atoms with Crippen LogP contribution in [0, 0.1) is 5.92 Å². The molecule has 2 unspecified atom stereocenters. The lowest BCUT2D eigenvalue weighted by atomic mass is 9.80. The van der Waals surface area contributed by atoms with E-state index in [1.165, 1.54) is 35.9 Å². The number of carboxylic acid groups (broad SMARTS) is 1. The summed E-state index contributed by atoms with van der Waals surface area (Å²) in [5, 5.41) is 11.9. The summed E-state index contributed by atoms with van der Waals surface area (Å²) in [5.74, 6) is 0.611. The Morgan fingerprint density at radius 1 is 1.47 bits per heavy atom. The molecule has 0 aromatic rings. The van der Waals surface area contributed by atoms with Gasteiger partial charge in [0.05, 0.1) is 5.88 Å². The zero-order valence-corrected chi connectivity index (χ0v) is 10.7. The number of thioether (sulfide) groups is 1. The summed E-state index contributed by atoms with van der Waals surface area (Å²) in [6.45, 7) is 2.00. The molecule has 0 aromatic carbocycles. The summed E-state index contributed by atoms with van der Waals surface area (Å²) in [5.41, 5.74) is 0. The van der Waals surface area contributed by atoms with E-state index in [-0.39, 0.29) is 12.1 Å². The van der Waals surface area contributed by atoms with E-state index in [4.69, 9.17) is 5.11 Å². The normalized spacial score (nSPS) is 26.4. The number of amides is 2. The highest BCUT2D eigenvalue weighted by molar-refractivity contribution is 7.99. The van der Waals surface area contributed by atoms with E-state index < -0.39 is 12.0 Å². The van der Waals surface area contributed by atoms with Crippen LogP contribution in [0.25, 0.3) is 0 Å². The summed E-state index contributed by atoms with van der Waals surface area (Å²) in [4.78, 5) is 24.3. The van der Waals surface area contributed by atoms with E-state index in [9.17, 15) is 9.59 Å². The molecular formula is C11H18N2O3S. The van der Waals surface area contributed by atoms with E-state index in [0.717, 1.165) is 0 Å². The summed E-state index contributed by atoms with van der Waals surface area (Å²) < 4.78 is 0. The minimum absolute atomic E-state index is 0.149. The molecule has 6 heteroatoms. The van der Waals surface area contributed by atoms with Gasteiger partial charge in [0.25, 0.3) is 0 Å². The summed E-state index contributed by atoms with van der Waals surface area (Å²) in [6, 6.07) is -0.758. The average Bonchev–Trinajstić information content (AvgIpc) is 2.62. The molecule has 2 rings (SSSR count). The van der Waals surface area contributed by atoms with Gasteiger partial charge in [-0.15, -0.1) is 11.8 Å². The van der Waals surface area contributed by atoms with Gasteiger partial charge < -0.3 is 15.3 Å². The Morgan fingerprint density at radius 2 is 2.18 bits per heavy atom. The van der Waals surface area contributed by atoms with Crippen LogP contribution in [0.15, 0.2) is 0 Å². The predicted octanol–water partition coefficient (Wildman–Crippen LogP) is 1.34. The second kappa shape index (κ2) is 5.16. The van der Waals surface area contributed by atoms with Crippen molar-refractivity contribution in [2.24, 2.45) is 5.92 Å². The molecule has 2 aliphatic rings. The van der Waals surface area contributed by atoms with Crippen LogP contribution in [0.1, 0.15) is 26.2 Å². The van der Waals surface area contributed by atoms with Crippen molar-refractivity contribution in [2.75, 3.05) is 11.6 Å². The molecule has 1 aliphatic heterocycles. The number of urea groups is 1. The number of nitrogens with one attached hydrogen (secondary N) is 1. The van der Waals surface area contributed by atoms with Crippen LogP contribution in [0.3, 0.4) is 0 Å². The molecule has 1 heterocycles. The van der Waals surface area contributed by atoms with Crippen LogP contribution in [-0.4, -0.2) is 45.7 Å². The molecule has 1 aliphatic carbocycles. The first-order valence-corrected chi connectivity index (χ1v) is 7.12. The Bertz CT molecular complexity index is 320. The average molecular weight is 258 g/mol. The third kappa shape index (κ3) is 2.68. The molecule has 1 saturated carbocycles. The molecule has 2 atom stereocenters. The van der Waals surface area contributed by atoms with Gasteiger partial charge in [-0.2, -0.15) is 0 Å². The molecule has 0 aromatic heterocycles. The maximum absolute atomic E-state index is 12.0. The maximum atomic E-state index is 12.0. The van der Waals surface area contributed by atoms with Gasteiger partial charge in [0.1, 0.15) is 6.04 Å². The van der Waals surface area contributed by atoms with Crippen LogP contribution in [-0.2, 0) is 4.79 Å². The topological polar surface area (TPSA) is 69.6 Å². The van der Waals surface area contributed by atoms with Gasteiger partial charge in [0, 0.05) is 11.8 Å². The van der Waals surface area contributed by atoms with E-state index in [0.29, 0.717) is 17.5 Å². The van der Waals surface area contributed by atoms with Crippen molar-refractivity contribution >= 4 is 23.8 Å². The third-order valence-corrected chi connectivity index (χ3v) is 4.65. The fraction of sp³-hybridized carbons (Fsp3) is 0.818. The van der Waals surface area contributed by atoms with E-state index in [1.807, 2.05) is 6.92 Å². The second-order valence-corrected chi connectivity index (χ2v) is 5.75. The van der Waals surface area contributed by atoms with Crippen LogP contribution >= 0.6 is 11.8 Å². The smallest absolute Gasteiger partial charge is 0.327 e. The van der Waals surface area contributed by atoms with Crippen molar-refractivity contribution in [3.63, 3.8) is 0 Å². The monoisotopic (exact) mass is 258 g/mol. The Kier molecular flexibility index (Phi) is 3.81. The van der Waals surface area contributed by atoms with Crippen LogP contribution in [0.5, 0.6) is 0 Å². The maximum Gasteiger partial charge on any atom is 0.327 e. The van der Waals surface area contributed by atoms with E-state index in [1.54, 1.807) is 0 Å². The zero-order valence-electron chi connectivity index (χ0n) is 9.89. The summed E-state index contributed by atoms with van der Waals surface area (Å²) in [7, 11) is 0. The Labute approximate surface area is 105 Å². The first-order chi connectivity index (χ1) is 8.09. The van der Waals surface area contributed by atoms with Crippen molar-refractivity contribution in [3.8, 4) is 0 Å².